The van der Waals surface area contributed by atoms with Crippen LogP contribution in [0.2, 0.25) is 0 Å². The lowest BCUT2D eigenvalue weighted by atomic mass is 10.2. The summed E-state index contributed by atoms with van der Waals surface area (Å²) in [6.45, 7) is 2.94. The lowest BCUT2D eigenvalue weighted by molar-refractivity contribution is -0.142. The number of nitrogens with one attached hydrogen (secondary N) is 1. The highest BCUT2D eigenvalue weighted by Gasteiger charge is 2.30. The molecule has 8 heteroatoms. The van der Waals surface area contributed by atoms with Gasteiger partial charge in [-0.1, -0.05) is 0 Å². The molecule has 0 unspecified atom stereocenters. The van der Waals surface area contributed by atoms with Gasteiger partial charge in [0, 0.05) is 38.9 Å². The highest BCUT2D eigenvalue weighted by Crippen LogP contribution is 2.17. The smallest absolute Gasteiger partial charge is 0.251 e. The van der Waals surface area contributed by atoms with E-state index in [1.165, 1.54) is 6.07 Å². The fraction of sp³-hybridized carbons (Fsp3) is 0.529. The highest BCUT2D eigenvalue weighted by atomic mass is 19.1. The van der Waals surface area contributed by atoms with E-state index in [9.17, 15) is 18.4 Å². The number of hydrogen-bond acceptors (Lipinski definition) is 4. The third kappa shape index (κ3) is 4.52. The number of rotatable bonds is 4. The zero-order chi connectivity index (χ0) is 17.8. The van der Waals surface area contributed by atoms with E-state index in [4.69, 9.17) is 4.74 Å². The van der Waals surface area contributed by atoms with Gasteiger partial charge in [-0.15, -0.1) is 0 Å². The van der Waals surface area contributed by atoms with Gasteiger partial charge in [-0.05, 0) is 25.0 Å². The van der Waals surface area contributed by atoms with Crippen LogP contribution in [0.15, 0.2) is 18.2 Å². The number of benzene rings is 1. The molecule has 3 rings (SSSR count). The van der Waals surface area contributed by atoms with Crippen molar-refractivity contribution in [2.45, 2.75) is 18.9 Å². The number of halogens is 2. The second kappa shape index (κ2) is 7.88. The first-order valence-electron chi connectivity index (χ1n) is 8.40. The van der Waals surface area contributed by atoms with Crippen LogP contribution in [0.5, 0.6) is 0 Å². The Bertz CT molecular complexity index is 642. The molecule has 2 heterocycles. The largest absolute Gasteiger partial charge is 0.368 e. The molecular weight excluding hydrogens is 332 g/mol. The fourth-order valence-corrected chi connectivity index (χ4v) is 3.09. The molecule has 0 aliphatic carbocycles. The fourth-order valence-electron chi connectivity index (χ4n) is 3.09. The molecule has 6 nitrogen and oxygen atoms in total. The van der Waals surface area contributed by atoms with E-state index >= 15 is 0 Å². The zero-order valence-electron chi connectivity index (χ0n) is 13.8. The van der Waals surface area contributed by atoms with Crippen LogP contribution in [0.25, 0.3) is 0 Å². The molecule has 2 amide bonds. The standard InChI is InChI=1S/C17H21F2N3O3/c18-12-3-4-14(13(19)10-12)20-16(23)11-21-5-7-22(8-6-21)17(24)15-2-1-9-25-15/h3-4,10,15H,1-2,5-9,11H2,(H,20,23)/t15-/m1/s1. The van der Waals surface area contributed by atoms with Gasteiger partial charge >= 0.3 is 0 Å². The van der Waals surface area contributed by atoms with Gasteiger partial charge in [0.1, 0.15) is 17.7 Å². The zero-order valence-corrected chi connectivity index (χ0v) is 13.8. The summed E-state index contributed by atoms with van der Waals surface area (Å²) in [4.78, 5) is 28.0. The molecule has 2 saturated heterocycles. The Morgan fingerprint density at radius 2 is 1.96 bits per heavy atom. The Hall–Kier alpha value is -2.06. The van der Waals surface area contributed by atoms with Crippen LogP contribution in [0.1, 0.15) is 12.8 Å². The van der Waals surface area contributed by atoms with Gasteiger partial charge in [-0.25, -0.2) is 8.78 Å². The van der Waals surface area contributed by atoms with Crippen LogP contribution in [0, 0.1) is 11.6 Å². The maximum Gasteiger partial charge on any atom is 0.251 e. The number of amides is 2. The summed E-state index contributed by atoms with van der Waals surface area (Å²) in [5, 5.41) is 2.44. The molecule has 1 atom stereocenters. The molecule has 2 aliphatic heterocycles. The van der Waals surface area contributed by atoms with Crippen LogP contribution < -0.4 is 5.32 Å². The third-order valence-electron chi connectivity index (χ3n) is 4.46. The lowest BCUT2D eigenvalue weighted by Crippen LogP contribution is -2.52. The van der Waals surface area contributed by atoms with Crippen molar-refractivity contribution in [2.75, 3.05) is 44.6 Å². The quantitative estimate of drug-likeness (QED) is 0.884. The first-order chi connectivity index (χ1) is 12.0. The summed E-state index contributed by atoms with van der Waals surface area (Å²) in [6, 6.07) is 3.01. The average molecular weight is 353 g/mol. The van der Waals surface area contributed by atoms with Crippen molar-refractivity contribution >= 4 is 17.5 Å². The molecule has 1 aromatic rings. The Labute approximate surface area is 144 Å². The first kappa shape index (κ1) is 17.8. The summed E-state index contributed by atoms with van der Waals surface area (Å²) in [7, 11) is 0. The lowest BCUT2D eigenvalue weighted by Gasteiger charge is -2.35. The van der Waals surface area contributed by atoms with Crippen molar-refractivity contribution in [3.8, 4) is 0 Å². The van der Waals surface area contributed by atoms with E-state index in [0.717, 1.165) is 25.0 Å². The summed E-state index contributed by atoms with van der Waals surface area (Å²) >= 11 is 0. The number of nitrogens with zero attached hydrogens (tertiary/aromatic N) is 2. The van der Waals surface area contributed by atoms with Crippen LogP contribution in [0.3, 0.4) is 0 Å². The molecule has 0 saturated carbocycles. The van der Waals surface area contributed by atoms with Crippen molar-refractivity contribution in [3.63, 3.8) is 0 Å². The van der Waals surface area contributed by atoms with Crippen LogP contribution >= 0.6 is 0 Å². The maximum absolute atomic E-state index is 13.6. The molecule has 2 aliphatic rings. The number of ether oxygens (including phenoxy) is 1. The molecule has 0 radical (unpaired) electrons. The first-order valence-corrected chi connectivity index (χ1v) is 8.40. The van der Waals surface area contributed by atoms with Gasteiger partial charge in [0.05, 0.1) is 12.2 Å². The molecule has 136 valence electrons. The second-order valence-electron chi connectivity index (χ2n) is 6.28. The van der Waals surface area contributed by atoms with E-state index in [1.54, 1.807) is 4.90 Å². The van der Waals surface area contributed by atoms with Gasteiger partial charge in [0.25, 0.3) is 5.91 Å². The molecular formula is C17H21F2N3O3. The minimum Gasteiger partial charge on any atom is -0.368 e. The number of carbonyl (C=O) groups is 2. The number of piperazine rings is 1. The number of carbonyl (C=O) groups excluding carboxylic acids is 2. The summed E-state index contributed by atoms with van der Waals surface area (Å²) in [6.07, 6.45) is 1.36. The highest BCUT2D eigenvalue weighted by molar-refractivity contribution is 5.92. The van der Waals surface area contributed by atoms with Crippen molar-refractivity contribution < 1.29 is 23.1 Å². The van der Waals surface area contributed by atoms with Crippen LogP contribution in [-0.4, -0.2) is 67.0 Å². The molecule has 1 N–H and O–H groups in total. The van der Waals surface area contributed by atoms with E-state index in [2.05, 4.69) is 5.32 Å². The van der Waals surface area contributed by atoms with E-state index in [0.29, 0.717) is 32.8 Å². The number of anilines is 1. The maximum atomic E-state index is 13.6. The third-order valence-corrected chi connectivity index (χ3v) is 4.46. The van der Waals surface area contributed by atoms with Crippen molar-refractivity contribution in [3.05, 3.63) is 29.8 Å². The second-order valence-corrected chi connectivity index (χ2v) is 6.28. The minimum atomic E-state index is -0.805. The van der Waals surface area contributed by atoms with Crippen molar-refractivity contribution in [2.24, 2.45) is 0 Å². The predicted octanol–water partition coefficient (Wildman–Crippen LogP) is 1.23. The normalized spacial score (nSPS) is 21.4. The van der Waals surface area contributed by atoms with Crippen LogP contribution in [-0.2, 0) is 14.3 Å². The van der Waals surface area contributed by atoms with Gasteiger partial charge < -0.3 is 15.0 Å². The molecule has 0 bridgehead atoms. The van der Waals surface area contributed by atoms with E-state index in [1.807, 2.05) is 4.90 Å². The topological polar surface area (TPSA) is 61.9 Å². The van der Waals surface area contributed by atoms with Crippen molar-refractivity contribution in [1.29, 1.82) is 0 Å². The van der Waals surface area contributed by atoms with E-state index in [-0.39, 0.29) is 30.2 Å². The summed E-state index contributed by atoms with van der Waals surface area (Å²) in [5.41, 5.74) is -0.0430. The van der Waals surface area contributed by atoms with Gasteiger partial charge in [-0.3, -0.25) is 14.5 Å². The Balaban J connectivity index is 1.45. The minimum absolute atomic E-state index is 0.0231. The molecule has 1 aromatic carbocycles. The Morgan fingerprint density at radius 1 is 1.20 bits per heavy atom. The molecule has 0 spiro atoms. The molecule has 25 heavy (non-hydrogen) atoms. The summed E-state index contributed by atoms with van der Waals surface area (Å²) in [5.74, 6) is -1.85. The Morgan fingerprint density at radius 3 is 2.60 bits per heavy atom. The van der Waals surface area contributed by atoms with E-state index < -0.39 is 11.6 Å². The monoisotopic (exact) mass is 353 g/mol. The average Bonchev–Trinajstić information content (AvgIpc) is 3.12. The van der Waals surface area contributed by atoms with Crippen molar-refractivity contribution in [1.82, 2.24) is 9.80 Å². The van der Waals surface area contributed by atoms with Gasteiger partial charge in [-0.2, -0.15) is 0 Å². The SMILES string of the molecule is O=C(CN1CCN(C(=O)[C@H]2CCCO2)CC1)Nc1ccc(F)cc1F. The van der Waals surface area contributed by atoms with Crippen LogP contribution in [0.4, 0.5) is 14.5 Å². The molecule has 2 fully saturated rings. The van der Waals surface area contributed by atoms with Gasteiger partial charge in [0.2, 0.25) is 5.91 Å². The Kier molecular flexibility index (Phi) is 5.60. The molecule has 0 aromatic heterocycles. The number of hydrogen-bond donors (Lipinski definition) is 1. The summed E-state index contributed by atoms with van der Waals surface area (Å²) < 4.78 is 31.8. The van der Waals surface area contributed by atoms with Gasteiger partial charge in [0.15, 0.2) is 0 Å². The predicted molar refractivity (Wildman–Crippen MR) is 87.0 cm³/mol.